The highest BCUT2D eigenvalue weighted by molar-refractivity contribution is 7.80. The Morgan fingerprint density at radius 2 is 1.95 bits per heavy atom. The van der Waals surface area contributed by atoms with Crippen molar-refractivity contribution >= 4 is 40.5 Å². The molecule has 12 heteroatoms. The van der Waals surface area contributed by atoms with Gasteiger partial charge in [-0.2, -0.15) is 18.4 Å². The van der Waals surface area contributed by atoms with Crippen LogP contribution in [-0.4, -0.2) is 32.3 Å². The minimum atomic E-state index is -4.88. The van der Waals surface area contributed by atoms with E-state index in [1.165, 1.54) is 17.0 Å². The Balaban J connectivity index is 1.52. The van der Waals surface area contributed by atoms with Gasteiger partial charge in [-0.25, -0.2) is 9.37 Å². The summed E-state index contributed by atoms with van der Waals surface area (Å²) in [6.45, 7) is 1.77. The summed E-state index contributed by atoms with van der Waals surface area (Å²) in [5.74, 6) is -2.35. The molecule has 1 N–H and O–H groups in total. The van der Waals surface area contributed by atoms with Crippen LogP contribution in [0, 0.1) is 17.2 Å². The molecule has 2 aliphatic carbocycles. The minimum absolute atomic E-state index is 0.0242. The molecular weight excluding hydrogens is 534 g/mol. The van der Waals surface area contributed by atoms with Gasteiger partial charge in [-0.3, -0.25) is 14.5 Å². The number of anilines is 2. The molecule has 1 aliphatic heterocycles. The average molecular weight is 556 g/mol. The number of allylic oxidation sites excluding steroid dienone is 3. The minimum Gasteiger partial charge on any atom is -0.322 e. The Kier molecular flexibility index (Phi) is 6.50. The summed E-state index contributed by atoms with van der Waals surface area (Å²) >= 11 is 5.61. The van der Waals surface area contributed by atoms with E-state index in [4.69, 9.17) is 17.5 Å². The van der Waals surface area contributed by atoms with Crippen LogP contribution < -0.4 is 10.2 Å². The standard InChI is InChI=1S/C27H21F4N5O2S/c1-15-10-18(23(37)34-16-6-3-2-4-7-16)20(28)12-22(15)36-25(39)35(24(38)26(36)8-5-9-26)17-11-19(27(29,30)31)21(13-32)33-14-17/h2-4,6-7,11-12,14-15H,5,8-10H2,1H3,(H,34,37). The number of nitrogens with one attached hydrogen (secondary N) is 1. The zero-order valence-corrected chi connectivity index (χ0v) is 21.4. The number of hydrogen-bond donors (Lipinski definition) is 1. The quantitative estimate of drug-likeness (QED) is 0.390. The van der Waals surface area contributed by atoms with E-state index in [0.717, 1.165) is 11.1 Å². The number of halogens is 4. The second-order valence-electron chi connectivity index (χ2n) is 9.66. The third kappa shape index (κ3) is 4.36. The number of nitrogens with zero attached hydrogens (tertiary/aromatic N) is 4. The topological polar surface area (TPSA) is 89.3 Å². The second-order valence-corrected chi connectivity index (χ2v) is 10.0. The molecule has 1 unspecified atom stereocenters. The summed E-state index contributed by atoms with van der Waals surface area (Å²) in [5.41, 5.74) is -2.70. The van der Waals surface area contributed by atoms with Crippen molar-refractivity contribution in [2.24, 2.45) is 5.92 Å². The highest BCUT2D eigenvalue weighted by Crippen LogP contribution is 2.50. The lowest BCUT2D eigenvalue weighted by molar-refractivity contribution is -0.138. The van der Waals surface area contributed by atoms with E-state index in [2.05, 4.69) is 10.3 Å². The fourth-order valence-electron chi connectivity index (χ4n) is 5.17. The van der Waals surface area contributed by atoms with Crippen LogP contribution in [0.15, 0.2) is 65.8 Å². The predicted octanol–water partition coefficient (Wildman–Crippen LogP) is 5.61. The molecule has 2 heterocycles. The van der Waals surface area contributed by atoms with Crippen LogP contribution in [0.4, 0.5) is 28.9 Å². The van der Waals surface area contributed by atoms with Crippen LogP contribution in [-0.2, 0) is 15.8 Å². The van der Waals surface area contributed by atoms with Crippen molar-refractivity contribution < 1.29 is 27.2 Å². The van der Waals surface area contributed by atoms with Crippen molar-refractivity contribution in [1.82, 2.24) is 9.88 Å². The zero-order chi connectivity index (χ0) is 28.1. The number of pyridine rings is 1. The van der Waals surface area contributed by atoms with Gasteiger partial charge < -0.3 is 10.2 Å². The van der Waals surface area contributed by atoms with Gasteiger partial charge >= 0.3 is 6.18 Å². The number of carbonyl (C=O) groups is 2. The average Bonchev–Trinajstić information content (AvgIpc) is 3.11. The van der Waals surface area contributed by atoms with Gasteiger partial charge in [-0.1, -0.05) is 25.1 Å². The Morgan fingerprint density at radius 3 is 2.54 bits per heavy atom. The summed E-state index contributed by atoms with van der Waals surface area (Å²) in [4.78, 5) is 32.6. The molecule has 1 saturated heterocycles. The maximum absolute atomic E-state index is 15.4. The first-order valence-corrected chi connectivity index (χ1v) is 12.5. The first-order chi connectivity index (χ1) is 18.5. The number of amides is 2. The van der Waals surface area contributed by atoms with Gasteiger partial charge in [0.05, 0.1) is 23.0 Å². The maximum atomic E-state index is 15.4. The lowest BCUT2D eigenvalue weighted by Gasteiger charge is -2.45. The van der Waals surface area contributed by atoms with Gasteiger partial charge in [-0.05, 0) is 62.2 Å². The van der Waals surface area contributed by atoms with Crippen LogP contribution in [0.3, 0.4) is 0 Å². The van der Waals surface area contributed by atoms with Crippen molar-refractivity contribution in [2.75, 3.05) is 10.2 Å². The number of carbonyl (C=O) groups excluding carboxylic acids is 2. The van der Waals surface area contributed by atoms with Gasteiger partial charge in [0.2, 0.25) is 0 Å². The third-order valence-corrected chi connectivity index (χ3v) is 7.64. The van der Waals surface area contributed by atoms with Crippen molar-refractivity contribution in [3.63, 3.8) is 0 Å². The van der Waals surface area contributed by atoms with Crippen LogP contribution in [0.5, 0.6) is 0 Å². The highest BCUT2D eigenvalue weighted by Gasteiger charge is 2.60. The summed E-state index contributed by atoms with van der Waals surface area (Å²) in [7, 11) is 0. The molecule has 0 bridgehead atoms. The highest BCUT2D eigenvalue weighted by atomic mass is 32.1. The second kappa shape index (κ2) is 9.57. The van der Waals surface area contributed by atoms with Crippen molar-refractivity contribution in [3.8, 4) is 6.07 Å². The normalized spacial score (nSPS) is 20.6. The molecule has 1 atom stereocenters. The van der Waals surface area contributed by atoms with E-state index >= 15 is 4.39 Å². The van der Waals surface area contributed by atoms with Crippen LogP contribution in [0.25, 0.3) is 0 Å². The number of rotatable bonds is 4. The monoisotopic (exact) mass is 555 g/mol. The molecule has 0 radical (unpaired) electrons. The first-order valence-electron chi connectivity index (χ1n) is 12.1. The molecule has 1 aromatic carbocycles. The van der Waals surface area contributed by atoms with Crippen molar-refractivity contribution in [1.29, 1.82) is 5.26 Å². The lowest BCUT2D eigenvalue weighted by atomic mass is 9.74. The summed E-state index contributed by atoms with van der Waals surface area (Å²) in [6, 6.07) is 10.7. The molecule has 5 rings (SSSR count). The van der Waals surface area contributed by atoms with Crippen LogP contribution >= 0.6 is 12.2 Å². The summed E-state index contributed by atoms with van der Waals surface area (Å²) in [6.07, 6.45) is -1.27. The van der Waals surface area contributed by atoms with E-state index in [0.29, 0.717) is 36.7 Å². The number of nitriles is 1. The van der Waals surface area contributed by atoms with Crippen molar-refractivity contribution in [2.45, 2.75) is 44.3 Å². The molecule has 7 nitrogen and oxygen atoms in total. The van der Waals surface area contributed by atoms with Gasteiger partial charge in [0.25, 0.3) is 11.8 Å². The SMILES string of the molecule is CC1CC(C(=O)Nc2ccccc2)=C(F)C=C1N1C(=S)N(c2cnc(C#N)c(C(F)(F)F)c2)C(=O)C12CCC2. The smallest absolute Gasteiger partial charge is 0.322 e. The van der Waals surface area contributed by atoms with E-state index in [9.17, 15) is 22.8 Å². The van der Waals surface area contributed by atoms with Gasteiger partial charge in [0, 0.05) is 17.3 Å². The fourth-order valence-corrected chi connectivity index (χ4v) is 5.64. The zero-order valence-electron chi connectivity index (χ0n) is 20.6. The number of hydrogen-bond acceptors (Lipinski definition) is 5. The van der Waals surface area contributed by atoms with E-state index in [-0.39, 0.29) is 22.8 Å². The maximum Gasteiger partial charge on any atom is 0.419 e. The van der Waals surface area contributed by atoms with Gasteiger partial charge in [-0.15, -0.1) is 0 Å². The van der Waals surface area contributed by atoms with Crippen LogP contribution in [0.1, 0.15) is 43.9 Å². The summed E-state index contributed by atoms with van der Waals surface area (Å²) < 4.78 is 56.2. The molecule has 39 heavy (non-hydrogen) atoms. The van der Waals surface area contributed by atoms with E-state index in [1.54, 1.807) is 37.3 Å². The Labute approximate surface area is 226 Å². The molecular formula is C27H21F4N5O2S. The molecule has 1 saturated carbocycles. The summed E-state index contributed by atoms with van der Waals surface area (Å²) in [5, 5.41) is 11.6. The number of aromatic nitrogens is 1. The van der Waals surface area contributed by atoms with Crippen molar-refractivity contribution in [3.05, 3.63) is 77.0 Å². The molecule has 1 spiro atoms. The lowest BCUT2D eigenvalue weighted by Crippen LogP contribution is -2.55. The molecule has 2 aromatic rings. The predicted molar refractivity (Wildman–Crippen MR) is 138 cm³/mol. The molecule has 200 valence electrons. The number of alkyl halides is 3. The third-order valence-electron chi connectivity index (χ3n) is 7.28. The molecule has 3 aliphatic rings. The largest absolute Gasteiger partial charge is 0.419 e. The Morgan fingerprint density at radius 1 is 1.26 bits per heavy atom. The molecule has 2 amide bonds. The van der Waals surface area contributed by atoms with Gasteiger partial charge in [0.15, 0.2) is 10.8 Å². The Bertz CT molecular complexity index is 1490. The molecule has 2 fully saturated rings. The van der Waals surface area contributed by atoms with E-state index < -0.39 is 46.5 Å². The number of para-hydroxylation sites is 1. The first kappa shape index (κ1) is 26.5. The Hall–Kier alpha value is -4.11. The fraction of sp³-hybridized carbons (Fsp3) is 0.296. The molecule has 1 aromatic heterocycles. The van der Waals surface area contributed by atoms with Crippen LogP contribution in [0.2, 0.25) is 0 Å². The van der Waals surface area contributed by atoms with E-state index in [1.807, 2.05) is 0 Å². The van der Waals surface area contributed by atoms with Gasteiger partial charge in [0.1, 0.15) is 17.4 Å². The number of benzene rings is 1. The number of thiocarbonyl (C=S) groups is 1.